The molecule has 1 fully saturated rings. The number of hydrogen-bond donors (Lipinski definition) is 0. The molecular weight excluding hydrogens is 315 g/mol. The number of rotatable bonds is 6. The fraction of sp³-hybridized carbons (Fsp3) is 0.846. The molecule has 0 saturated heterocycles. The molecule has 0 heterocycles. The molecule has 0 aromatic rings. The van der Waals surface area contributed by atoms with E-state index in [4.69, 9.17) is 0 Å². The van der Waals surface area contributed by atoms with E-state index in [2.05, 4.69) is 22.6 Å². The monoisotopic (exact) mass is 336 g/mol. The van der Waals surface area contributed by atoms with Crippen LogP contribution in [0.25, 0.3) is 0 Å². The number of ketones is 2. The Kier molecular flexibility index (Phi) is 5.94. The maximum absolute atomic E-state index is 11.8. The molecule has 0 amide bonds. The van der Waals surface area contributed by atoms with Crippen molar-refractivity contribution in [1.29, 1.82) is 0 Å². The summed E-state index contributed by atoms with van der Waals surface area (Å²) in [7, 11) is 0. The van der Waals surface area contributed by atoms with Gasteiger partial charge in [0.25, 0.3) is 0 Å². The van der Waals surface area contributed by atoms with Crippen molar-refractivity contribution < 1.29 is 9.59 Å². The fourth-order valence-electron chi connectivity index (χ4n) is 2.32. The maximum atomic E-state index is 11.8. The normalized spacial score (nSPS) is 20.1. The molecule has 1 aliphatic carbocycles. The summed E-state index contributed by atoms with van der Waals surface area (Å²) in [5, 5.41) is 0. The number of carbonyl (C=O) groups excluding carboxylic acids is 2. The molecule has 2 nitrogen and oxygen atoms in total. The Hall–Kier alpha value is 0.0700. The second-order valence-corrected chi connectivity index (χ2v) is 5.96. The van der Waals surface area contributed by atoms with Crippen molar-refractivity contribution in [3.63, 3.8) is 0 Å². The van der Waals surface area contributed by atoms with Crippen LogP contribution in [0.15, 0.2) is 0 Å². The minimum absolute atomic E-state index is 0.178. The van der Waals surface area contributed by atoms with E-state index in [-0.39, 0.29) is 11.6 Å². The number of Topliss-reactive ketones (excluding diaryl/α,β-unsaturated/α-hetero) is 2. The quantitative estimate of drug-likeness (QED) is 0.321. The Balaban J connectivity index is 2.37. The van der Waals surface area contributed by atoms with E-state index in [0.717, 1.165) is 25.7 Å². The lowest BCUT2D eigenvalue weighted by molar-refractivity contribution is -0.143. The van der Waals surface area contributed by atoms with Gasteiger partial charge in [-0.25, -0.2) is 0 Å². The lowest BCUT2D eigenvalue weighted by Crippen LogP contribution is -2.39. The van der Waals surface area contributed by atoms with Crippen molar-refractivity contribution in [3.05, 3.63) is 0 Å². The first-order valence-electron chi connectivity index (χ1n) is 6.24. The van der Waals surface area contributed by atoms with Crippen LogP contribution in [0.2, 0.25) is 0 Å². The molecule has 0 aromatic heterocycles. The fourth-order valence-corrected chi connectivity index (χ4v) is 2.86. The van der Waals surface area contributed by atoms with Crippen LogP contribution in [-0.2, 0) is 9.59 Å². The SMILES string of the molecule is CC1(CCCCCCI)C(=O)CCCC1=O. The highest BCUT2D eigenvalue weighted by atomic mass is 127. The minimum atomic E-state index is -0.636. The summed E-state index contributed by atoms with van der Waals surface area (Å²) < 4.78 is 1.20. The van der Waals surface area contributed by atoms with Crippen LogP contribution >= 0.6 is 22.6 Å². The molecule has 3 heteroatoms. The molecular formula is C13H21IO2. The highest BCUT2D eigenvalue weighted by Gasteiger charge is 2.41. The average molecular weight is 336 g/mol. The molecule has 92 valence electrons. The Morgan fingerprint density at radius 2 is 1.62 bits per heavy atom. The van der Waals surface area contributed by atoms with Gasteiger partial charge in [0.1, 0.15) is 11.6 Å². The first kappa shape index (κ1) is 14.1. The van der Waals surface area contributed by atoms with Crippen LogP contribution < -0.4 is 0 Å². The molecule has 1 rings (SSSR count). The first-order chi connectivity index (χ1) is 7.61. The predicted molar refractivity (Wildman–Crippen MR) is 73.9 cm³/mol. The molecule has 16 heavy (non-hydrogen) atoms. The van der Waals surface area contributed by atoms with Gasteiger partial charge in [-0.1, -0.05) is 41.9 Å². The molecule has 1 saturated carbocycles. The lowest BCUT2D eigenvalue weighted by Gasteiger charge is -2.30. The largest absolute Gasteiger partial charge is 0.299 e. The van der Waals surface area contributed by atoms with Gasteiger partial charge in [-0.05, 0) is 30.6 Å². The topological polar surface area (TPSA) is 34.1 Å². The van der Waals surface area contributed by atoms with E-state index in [1.807, 2.05) is 6.92 Å². The van der Waals surface area contributed by atoms with Gasteiger partial charge >= 0.3 is 0 Å². The third-order valence-corrected chi connectivity index (χ3v) is 4.36. The summed E-state index contributed by atoms with van der Waals surface area (Å²) in [6.45, 7) is 1.86. The standard InChI is InChI=1S/C13H21IO2/c1-13(9-4-2-3-5-10-14)11(15)7-6-8-12(13)16/h2-10H2,1H3. The van der Waals surface area contributed by atoms with E-state index in [1.165, 1.54) is 17.3 Å². The van der Waals surface area contributed by atoms with Crippen LogP contribution in [0.4, 0.5) is 0 Å². The zero-order chi connectivity index (χ0) is 12.0. The summed E-state index contributed by atoms with van der Waals surface area (Å²) in [5.41, 5.74) is -0.636. The number of halogens is 1. The molecule has 0 atom stereocenters. The summed E-state index contributed by atoms with van der Waals surface area (Å²) in [4.78, 5) is 23.6. The van der Waals surface area contributed by atoms with Crippen LogP contribution in [0.1, 0.15) is 58.3 Å². The van der Waals surface area contributed by atoms with Crippen molar-refractivity contribution in [2.75, 3.05) is 4.43 Å². The Morgan fingerprint density at radius 1 is 1.06 bits per heavy atom. The number of unbranched alkanes of at least 4 members (excludes halogenated alkanes) is 3. The van der Waals surface area contributed by atoms with Gasteiger partial charge in [-0.3, -0.25) is 9.59 Å². The van der Waals surface area contributed by atoms with Crippen molar-refractivity contribution in [1.82, 2.24) is 0 Å². The second-order valence-electron chi connectivity index (χ2n) is 4.89. The minimum Gasteiger partial charge on any atom is -0.299 e. The summed E-state index contributed by atoms with van der Waals surface area (Å²) in [6, 6.07) is 0. The van der Waals surface area contributed by atoms with E-state index < -0.39 is 5.41 Å². The van der Waals surface area contributed by atoms with Crippen LogP contribution in [-0.4, -0.2) is 16.0 Å². The molecule has 0 unspecified atom stereocenters. The lowest BCUT2D eigenvalue weighted by atomic mass is 9.70. The Bertz CT molecular complexity index is 245. The average Bonchev–Trinajstić information content (AvgIpc) is 2.26. The van der Waals surface area contributed by atoms with Gasteiger partial charge in [0.2, 0.25) is 0 Å². The number of carbonyl (C=O) groups is 2. The van der Waals surface area contributed by atoms with E-state index >= 15 is 0 Å². The van der Waals surface area contributed by atoms with Crippen molar-refractivity contribution in [2.24, 2.45) is 5.41 Å². The third-order valence-electron chi connectivity index (χ3n) is 3.60. The van der Waals surface area contributed by atoms with Gasteiger partial charge < -0.3 is 0 Å². The molecule has 0 aliphatic heterocycles. The van der Waals surface area contributed by atoms with Gasteiger partial charge in [-0.15, -0.1) is 0 Å². The zero-order valence-corrected chi connectivity index (χ0v) is 12.2. The van der Waals surface area contributed by atoms with Gasteiger partial charge in [0, 0.05) is 12.8 Å². The molecule has 0 spiro atoms. The second kappa shape index (κ2) is 6.72. The first-order valence-corrected chi connectivity index (χ1v) is 7.76. The third kappa shape index (κ3) is 3.54. The van der Waals surface area contributed by atoms with Crippen molar-refractivity contribution in [2.45, 2.75) is 58.3 Å². The molecule has 0 N–H and O–H groups in total. The summed E-state index contributed by atoms with van der Waals surface area (Å²) >= 11 is 2.38. The van der Waals surface area contributed by atoms with Crippen LogP contribution in [0, 0.1) is 5.41 Å². The Morgan fingerprint density at radius 3 is 2.19 bits per heavy atom. The van der Waals surface area contributed by atoms with Crippen molar-refractivity contribution in [3.8, 4) is 0 Å². The smallest absolute Gasteiger partial charge is 0.146 e. The molecule has 0 bridgehead atoms. The summed E-state index contributed by atoms with van der Waals surface area (Å²) in [6.07, 6.45) is 7.39. The molecule has 0 radical (unpaired) electrons. The highest BCUT2D eigenvalue weighted by molar-refractivity contribution is 14.1. The van der Waals surface area contributed by atoms with Crippen molar-refractivity contribution >= 4 is 34.2 Å². The van der Waals surface area contributed by atoms with E-state index in [0.29, 0.717) is 12.8 Å². The molecule has 1 aliphatic rings. The predicted octanol–water partition coefficient (Wildman–Crippen LogP) is 3.70. The highest BCUT2D eigenvalue weighted by Crippen LogP contribution is 2.34. The van der Waals surface area contributed by atoms with Gasteiger partial charge in [0.15, 0.2) is 0 Å². The van der Waals surface area contributed by atoms with E-state index in [9.17, 15) is 9.59 Å². The zero-order valence-electron chi connectivity index (χ0n) is 10.1. The summed E-state index contributed by atoms with van der Waals surface area (Å²) in [5.74, 6) is 0.357. The molecule has 0 aromatic carbocycles. The number of hydrogen-bond acceptors (Lipinski definition) is 2. The van der Waals surface area contributed by atoms with Crippen LogP contribution in [0.3, 0.4) is 0 Å². The van der Waals surface area contributed by atoms with Gasteiger partial charge in [-0.2, -0.15) is 0 Å². The van der Waals surface area contributed by atoms with Gasteiger partial charge in [0.05, 0.1) is 5.41 Å². The van der Waals surface area contributed by atoms with Crippen LogP contribution in [0.5, 0.6) is 0 Å². The number of alkyl halides is 1. The maximum Gasteiger partial charge on any atom is 0.146 e. The Labute approximate surface area is 112 Å². The van der Waals surface area contributed by atoms with E-state index in [1.54, 1.807) is 0 Å².